The van der Waals surface area contributed by atoms with Crippen LogP contribution in [-0.4, -0.2) is 7.05 Å². The Labute approximate surface area is 78.7 Å². The molecule has 0 aromatic heterocycles. The van der Waals surface area contributed by atoms with E-state index in [1.807, 2.05) is 0 Å². The SMILES string of the molecule is CNCc1cccc(F)c1C(F)(F)F. The third-order valence-electron chi connectivity index (χ3n) is 1.75. The van der Waals surface area contributed by atoms with E-state index in [9.17, 15) is 17.6 Å². The van der Waals surface area contributed by atoms with Crippen LogP contribution in [-0.2, 0) is 12.7 Å². The monoisotopic (exact) mass is 207 g/mol. The number of halogens is 4. The summed E-state index contributed by atoms with van der Waals surface area (Å²) < 4.78 is 50.0. The summed E-state index contributed by atoms with van der Waals surface area (Å²) in [7, 11) is 1.51. The van der Waals surface area contributed by atoms with Gasteiger partial charge in [0.2, 0.25) is 0 Å². The van der Waals surface area contributed by atoms with Crippen LogP contribution in [0.15, 0.2) is 18.2 Å². The maximum atomic E-state index is 12.9. The van der Waals surface area contributed by atoms with E-state index in [1.165, 1.54) is 19.2 Å². The van der Waals surface area contributed by atoms with Crippen LogP contribution in [0.2, 0.25) is 0 Å². The first-order chi connectivity index (χ1) is 6.46. The summed E-state index contributed by atoms with van der Waals surface area (Å²) in [5.74, 6) is -1.23. The van der Waals surface area contributed by atoms with Crippen molar-refractivity contribution < 1.29 is 17.6 Å². The van der Waals surface area contributed by atoms with E-state index in [0.717, 1.165) is 6.07 Å². The maximum Gasteiger partial charge on any atom is 0.419 e. The van der Waals surface area contributed by atoms with Crippen molar-refractivity contribution in [1.82, 2.24) is 5.32 Å². The first kappa shape index (κ1) is 11.0. The van der Waals surface area contributed by atoms with Crippen molar-refractivity contribution in [3.63, 3.8) is 0 Å². The van der Waals surface area contributed by atoms with Crippen LogP contribution in [0.3, 0.4) is 0 Å². The molecule has 0 aliphatic carbocycles. The normalized spacial score (nSPS) is 11.8. The highest BCUT2D eigenvalue weighted by Gasteiger charge is 2.36. The zero-order valence-corrected chi connectivity index (χ0v) is 7.45. The molecular weight excluding hydrogens is 198 g/mol. The molecule has 0 saturated heterocycles. The zero-order valence-electron chi connectivity index (χ0n) is 7.45. The van der Waals surface area contributed by atoms with Crippen molar-refractivity contribution in [2.24, 2.45) is 0 Å². The quantitative estimate of drug-likeness (QED) is 0.735. The minimum absolute atomic E-state index is 0.00734. The summed E-state index contributed by atoms with van der Waals surface area (Å²) >= 11 is 0. The van der Waals surface area contributed by atoms with E-state index in [1.54, 1.807) is 0 Å². The molecule has 0 amide bonds. The molecule has 0 unspecified atom stereocenters. The third kappa shape index (κ3) is 2.23. The average Bonchev–Trinajstić information content (AvgIpc) is 2.02. The molecule has 1 rings (SSSR count). The van der Waals surface area contributed by atoms with Gasteiger partial charge in [0.25, 0.3) is 0 Å². The summed E-state index contributed by atoms with van der Waals surface area (Å²) in [5.41, 5.74) is -1.27. The number of hydrogen-bond donors (Lipinski definition) is 1. The Morgan fingerprint density at radius 2 is 1.93 bits per heavy atom. The molecule has 0 fully saturated rings. The number of benzene rings is 1. The lowest BCUT2D eigenvalue weighted by Crippen LogP contribution is -2.16. The maximum absolute atomic E-state index is 12.9. The van der Waals surface area contributed by atoms with E-state index in [-0.39, 0.29) is 12.1 Å². The standard InChI is InChI=1S/C9H9F4N/c1-14-5-6-3-2-4-7(10)8(6)9(11,12)13/h2-4,14H,5H2,1H3. The van der Waals surface area contributed by atoms with Gasteiger partial charge in [-0.15, -0.1) is 0 Å². The minimum atomic E-state index is -4.64. The predicted molar refractivity (Wildman–Crippen MR) is 44.2 cm³/mol. The number of alkyl halides is 3. The van der Waals surface area contributed by atoms with Crippen LogP contribution in [0.1, 0.15) is 11.1 Å². The summed E-state index contributed by atoms with van der Waals surface area (Å²) in [5, 5.41) is 2.56. The molecule has 5 heteroatoms. The van der Waals surface area contributed by atoms with E-state index < -0.39 is 17.6 Å². The topological polar surface area (TPSA) is 12.0 Å². The predicted octanol–water partition coefficient (Wildman–Crippen LogP) is 2.56. The molecule has 0 aliphatic heterocycles. The van der Waals surface area contributed by atoms with E-state index in [0.29, 0.717) is 0 Å². The van der Waals surface area contributed by atoms with Crippen LogP contribution in [0, 0.1) is 5.82 Å². The fourth-order valence-electron chi connectivity index (χ4n) is 1.22. The Kier molecular flexibility index (Phi) is 3.10. The van der Waals surface area contributed by atoms with Gasteiger partial charge >= 0.3 is 6.18 Å². The molecule has 0 heterocycles. The molecule has 78 valence electrons. The van der Waals surface area contributed by atoms with Gasteiger partial charge in [0, 0.05) is 6.54 Å². The zero-order chi connectivity index (χ0) is 10.8. The number of nitrogens with one attached hydrogen (secondary N) is 1. The molecule has 14 heavy (non-hydrogen) atoms. The fourth-order valence-corrected chi connectivity index (χ4v) is 1.22. The van der Waals surface area contributed by atoms with E-state index in [4.69, 9.17) is 0 Å². The second-order valence-electron chi connectivity index (χ2n) is 2.80. The number of rotatable bonds is 2. The Bertz CT molecular complexity index is 319. The lowest BCUT2D eigenvalue weighted by molar-refractivity contribution is -0.140. The summed E-state index contributed by atoms with van der Waals surface area (Å²) in [6.07, 6.45) is -4.64. The van der Waals surface area contributed by atoms with Crippen molar-refractivity contribution in [1.29, 1.82) is 0 Å². The number of hydrogen-bond acceptors (Lipinski definition) is 1. The molecule has 1 nitrogen and oxygen atoms in total. The van der Waals surface area contributed by atoms with Crippen LogP contribution in [0.4, 0.5) is 17.6 Å². The summed E-state index contributed by atoms with van der Waals surface area (Å²) in [6, 6.07) is 3.32. The third-order valence-corrected chi connectivity index (χ3v) is 1.75. The molecule has 0 saturated carbocycles. The molecule has 0 spiro atoms. The molecule has 0 bridgehead atoms. The second-order valence-corrected chi connectivity index (χ2v) is 2.80. The molecule has 1 N–H and O–H groups in total. The molecule has 0 radical (unpaired) electrons. The summed E-state index contributed by atoms with van der Waals surface area (Å²) in [6.45, 7) is -0.00734. The van der Waals surface area contributed by atoms with Crippen LogP contribution >= 0.6 is 0 Å². The van der Waals surface area contributed by atoms with E-state index in [2.05, 4.69) is 5.32 Å². The van der Waals surface area contributed by atoms with Crippen molar-refractivity contribution in [2.45, 2.75) is 12.7 Å². The van der Waals surface area contributed by atoms with Crippen molar-refractivity contribution >= 4 is 0 Å². The van der Waals surface area contributed by atoms with Gasteiger partial charge < -0.3 is 5.32 Å². The largest absolute Gasteiger partial charge is 0.419 e. The first-order valence-electron chi connectivity index (χ1n) is 3.96. The van der Waals surface area contributed by atoms with Gasteiger partial charge in [0.15, 0.2) is 0 Å². The second kappa shape index (κ2) is 3.96. The van der Waals surface area contributed by atoms with Gasteiger partial charge in [-0.25, -0.2) is 4.39 Å². The summed E-state index contributed by atoms with van der Waals surface area (Å²) in [4.78, 5) is 0. The lowest BCUT2D eigenvalue weighted by atomic mass is 10.1. The Morgan fingerprint density at radius 1 is 1.29 bits per heavy atom. The van der Waals surface area contributed by atoms with Gasteiger partial charge in [-0.3, -0.25) is 0 Å². The van der Waals surface area contributed by atoms with Crippen LogP contribution in [0.5, 0.6) is 0 Å². The molecule has 0 atom stereocenters. The van der Waals surface area contributed by atoms with Crippen molar-refractivity contribution in [2.75, 3.05) is 7.05 Å². The van der Waals surface area contributed by atoms with Gasteiger partial charge in [0.05, 0.1) is 5.56 Å². The van der Waals surface area contributed by atoms with Gasteiger partial charge in [-0.1, -0.05) is 12.1 Å². The Hall–Kier alpha value is -1.10. The highest BCUT2D eigenvalue weighted by atomic mass is 19.4. The lowest BCUT2D eigenvalue weighted by Gasteiger charge is -2.12. The van der Waals surface area contributed by atoms with Crippen molar-refractivity contribution in [3.8, 4) is 0 Å². The average molecular weight is 207 g/mol. The highest BCUT2D eigenvalue weighted by Crippen LogP contribution is 2.33. The molecule has 1 aromatic rings. The fraction of sp³-hybridized carbons (Fsp3) is 0.333. The smallest absolute Gasteiger partial charge is 0.316 e. The van der Waals surface area contributed by atoms with Crippen LogP contribution < -0.4 is 5.32 Å². The van der Waals surface area contributed by atoms with E-state index >= 15 is 0 Å². The van der Waals surface area contributed by atoms with Crippen molar-refractivity contribution in [3.05, 3.63) is 35.1 Å². The highest BCUT2D eigenvalue weighted by molar-refractivity contribution is 5.31. The van der Waals surface area contributed by atoms with Crippen LogP contribution in [0.25, 0.3) is 0 Å². The Morgan fingerprint density at radius 3 is 2.43 bits per heavy atom. The van der Waals surface area contributed by atoms with Gasteiger partial charge in [0.1, 0.15) is 5.82 Å². The minimum Gasteiger partial charge on any atom is -0.316 e. The molecular formula is C9H9F4N. The molecule has 0 aliphatic rings. The Balaban J connectivity index is 3.22. The first-order valence-corrected chi connectivity index (χ1v) is 3.96. The van der Waals surface area contributed by atoms with Gasteiger partial charge in [-0.05, 0) is 18.7 Å². The molecule has 1 aromatic carbocycles. The van der Waals surface area contributed by atoms with Gasteiger partial charge in [-0.2, -0.15) is 13.2 Å².